The van der Waals surface area contributed by atoms with E-state index in [1.54, 1.807) is 6.08 Å². The molecule has 5 atom stereocenters. The molecule has 2 saturated heterocycles. The predicted octanol–water partition coefficient (Wildman–Crippen LogP) is 6.89. The maximum Gasteiger partial charge on any atom is 0.331 e. The van der Waals surface area contributed by atoms with E-state index in [0.29, 0.717) is 32.0 Å². The SMILES string of the molecule is CSOCc1ccc(Oc2ccc(/C=C/C(=O)O[C@@H]3CCCCOC[C@@H](C4(C)OC4CC=C(C)C)[C@@H]3O)cc2)cc1. The molecule has 1 N–H and O–H groups in total. The van der Waals surface area contributed by atoms with Crippen LogP contribution in [-0.4, -0.2) is 54.5 Å². The quantitative estimate of drug-likeness (QED) is 0.101. The zero-order valence-electron chi connectivity index (χ0n) is 24.4. The third-order valence-corrected chi connectivity index (χ3v) is 7.99. The maximum atomic E-state index is 12.8. The summed E-state index contributed by atoms with van der Waals surface area (Å²) in [4.78, 5) is 12.8. The fourth-order valence-corrected chi connectivity index (χ4v) is 5.32. The van der Waals surface area contributed by atoms with E-state index < -0.39 is 23.8 Å². The highest BCUT2D eigenvalue weighted by Gasteiger charge is 2.59. The van der Waals surface area contributed by atoms with Gasteiger partial charge in [0, 0.05) is 24.9 Å². The highest BCUT2D eigenvalue weighted by atomic mass is 32.2. The molecule has 222 valence electrons. The van der Waals surface area contributed by atoms with Crippen LogP contribution in [0.1, 0.15) is 57.6 Å². The van der Waals surface area contributed by atoms with Gasteiger partial charge in [0.25, 0.3) is 0 Å². The average Bonchev–Trinajstić information content (AvgIpc) is 3.61. The van der Waals surface area contributed by atoms with E-state index in [-0.39, 0.29) is 12.0 Å². The topological polar surface area (TPSA) is 86.8 Å². The Morgan fingerprint density at radius 1 is 1.10 bits per heavy atom. The van der Waals surface area contributed by atoms with E-state index in [0.717, 1.165) is 36.1 Å². The zero-order chi connectivity index (χ0) is 29.2. The first kappa shape index (κ1) is 31.3. The van der Waals surface area contributed by atoms with Gasteiger partial charge in [-0.25, -0.2) is 4.79 Å². The number of allylic oxidation sites excluding steroid dienone is 1. The molecule has 2 unspecified atom stereocenters. The van der Waals surface area contributed by atoms with Gasteiger partial charge in [0.2, 0.25) is 0 Å². The number of hydrogen-bond acceptors (Lipinski definition) is 8. The largest absolute Gasteiger partial charge is 0.457 e. The van der Waals surface area contributed by atoms with E-state index in [9.17, 15) is 9.90 Å². The van der Waals surface area contributed by atoms with Crippen molar-refractivity contribution in [1.29, 1.82) is 0 Å². The average molecular weight is 583 g/mol. The first-order valence-corrected chi connectivity index (χ1v) is 15.4. The van der Waals surface area contributed by atoms with Crippen molar-refractivity contribution in [2.24, 2.45) is 5.92 Å². The Morgan fingerprint density at radius 2 is 1.80 bits per heavy atom. The smallest absolute Gasteiger partial charge is 0.331 e. The molecule has 2 fully saturated rings. The number of esters is 1. The highest BCUT2D eigenvalue weighted by molar-refractivity contribution is 7.93. The molecular weight excluding hydrogens is 540 g/mol. The fourth-order valence-electron chi connectivity index (χ4n) is 5.06. The van der Waals surface area contributed by atoms with Gasteiger partial charge in [-0.2, -0.15) is 0 Å². The van der Waals surface area contributed by atoms with Crippen molar-refractivity contribution in [3.63, 3.8) is 0 Å². The molecule has 8 heteroatoms. The van der Waals surface area contributed by atoms with Gasteiger partial charge in [0.05, 0.1) is 31.0 Å². The third-order valence-electron chi connectivity index (χ3n) is 7.63. The first-order chi connectivity index (χ1) is 19.8. The lowest BCUT2D eigenvalue weighted by molar-refractivity contribution is -0.154. The molecule has 2 aromatic rings. The number of carbonyl (C=O) groups is 1. The van der Waals surface area contributed by atoms with Crippen LogP contribution >= 0.6 is 12.0 Å². The minimum Gasteiger partial charge on any atom is -0.457 e. The Bertz CT molecular complexity index is 1170. The molecule has 4 rings (SSSR count). The van der Waals surface area contributed by atoms with E-state index >= 15 is 0 Å². The first-order valence-electron chi connectivity index (χ1n) is 14.3. The number of benzene rings is 2. The molecule has 7 nitrogen and oxygen atoms in total. The lowest BCUT2D eigenvalue weighted by Crippen LogP contribution is -2.45. The van der Waals surface area contributed by atoms with Crippen LogP contribution in [0.25, 0.3) is 6.08 Å². The number of hydrogen-bond donors (Lipinski definition) is 1. The van der Waals surface area contributed by atoms with Crippen LogP contribution in [0.3, 0.4) is 0 Å². The predicted molar refractivity (Wildman–Crippen MR) is 162 cm³/mol. The molecule has 2 aliphatic rings. The van der Waals surface area contributed by atoms with Gasteiger partial charge in [-0.3, -0.25) is 0 Å². The van der Waals surface area contributed by atoms with E-state index in [1.165, 1.54) is 23.7 Å². The number of aliphatic hydroxyl groups is 1. The second kappa shape index (κ2) is 15.0. The number of aliphatic hydroxyl groups excluding tert-OH is 1. The summed E-state index contributed by atoms with van der Waals surface area (Å²) < 4.78 is 29.0. The van der Waals surface area contributed by atoms with Crippen molar-refractivity contribution in [2.75, 3.05) is 19.5 Å². The summed E-state index contributed by atoms with van der Waals surface area (Å²) in [6, 6.07) is 15.2. The molecule has 41 heavy (non-hydrogen) atoms. The molecule has 0 spiro atoms. The number of carbonyl (C=O) groups excluding carboxylic acids is 1. The van der Waals surface area contributed by atoms with Gasteiger partial charge in [0.15, 0.2) is 0 Å². The Kier molecular flexibility index (Phi) is 11.5. The van der Waals surface area contributed by atoms with Gasteiger partial charge < -0.3 is 28.2 Å². The molecule has 0 aromatic heterocycles. The minimum absolute atomic E-state index is 0.0172. The maximum absolute atomic E-state index is 12.8. The number of ether oxygens (including phenoxy) is 4. The van der Waals surface area contributed by atoms with Crippen LogP contribution in [0.15, 0.2) is 66.3 Å². The van der Waals surface area contributed by atoms with Crippen LogP contribution in [0.5, 0.6) is 11.5 Å². The van der Waals surface area contributed by atoms with Crippen molar-refractivity contribution in [1.82, 2.24) is 0 Å². The van der Waals surface area contributed by atoms with Crippen LogP contribution in [0.4, 0.5) is 0 Å². The zero-order valence-corrected chi connectivity index (χ0v) is 25.2. The Balaban J connectivity index is 1.33. The standard InChI is InChI=1S/C33H42O7S/c1-23(2)8-18-30-33(3,40-30)28-22-36-20-6-5-7-29(32(28)35)39-31(34)19-13-24-9-14-26(15-10-24)38-27-16-11-25(12-17-27)21-37-41-4/h8-17,19,28-30,32,35H,5-7,18,20-22H2,1-4H3/b19-13+/t28-,29-,30?,32+,33?/m1/s1. The highest BCUT2D eigenvalue weighted by Crippen LogP contribution is 2.47. The Labute approximate surface area is 248 Å². The van der Waals surface area contributed by atoms with Crippen molar-refractivity contribution in [2.45, 2.75) is 77.0 Å². The summed E-state index contributed by atoms with van der Waals surface area (Å²) >= 11 is 1.34. The summed E-state index contributed by atoms with van der Waals surface area (Å²) in [5.41, 5.74) is 2.63. The van der Waals surface area contributed by atoms with Crippen molar-refractivity contribution in [3.8, 4) is 11.5 Å². The number of epoxide rings is 1. The molecular formula is C33H42O7S. The van der Waals surface area contributed by atoms with Gasteiger partial charge in [0.1, 0.15) is 17.6 Å². The van der Waals surface area contributed by atoms with Gasteiger partial charge >= 0.3 is 5.97 Å². The summed E-state index contributed by atoms with van der Waals surface area (Å²) in [6.45, 7) is 7.69. The van der Waals surface area contributed by atoms with E-state index in [1.807, 2.05) is 61.7 Å². The second-order valence-electron chi connectivity index (χ2n) is 11.0. The van der Waals surface area contributed by atoms with Crippen LogP contribution < -0.4 is 4.74 Å². The molecule has 2 heterocycles. The van der Waals surface area contributed by atoms with E-state index in [2.05, 4.69) is 19.9 Å². The van der Waals surface area contributed by atoms with Crippen LogP contribution in [0, 0.1) is 5.92 Å². The second-order valence-corrected chi connectivity index (χ2v) is 11.6. The van der Waals surface area contributed by atoms with Crippen LogP contribution in [0.2, 0.25) is 0 Å². The molecule has 2 aliphatic heterocycles. The summed E-state index contributed by atoms with van der Waals surface area (Å²) in [5.74, 6) is 0.654. The Morgan fingerprint density at radius 3 is 2.49 bits per heavy atom. The lowest BCUT2D eigenvalue weighted by Gasteiger charge is -2.31. The molecule has 0 radical (unpaired) electrons. The number of rotatable bonds is 11. The molecule has 0 saturated carbocycles. The van der Waals surface area contributed by atoms with Crippen LogP contribution in [-0.2, 0) is 29.8 Å². The van der Waals surface area contributed by atoms with Crippen molar-refractivity contribution >= 4 is 24.1 Å². The molecule has 2 aromatic carbocycles. The van der Waals surface area contributed by atoms with Gasteiger partial charge in [-0.15, -0.1) is 0 Å². The van der Waals surface area contributed by atoms with E-state index in [4.69, 9.17) is 23.1 Å². The molecule has 0 bridgehead atoms. The lowest BCUT2D eigenvalue weighted by atomic mass is 9.82. The normalized spacial score (nSPS) is 26.5. The molecule has 0 aliphatic carbocycles. The Hall–Kier alpha value is -2.62. The monoisotopic (exact) mass is 582 g/mol. The third kappa shape index (κ3) is 9.18. The van der Waals surface area contributed by atoms with Crippen molar-refractivity contribution in [3.05, 3.63) is 77.4 Å². The minimum atomic E-state index is -0.879. The van der Waals surface area contributed by atoms with Gasteiger partial charge in [-0.05, 0) is 100.0 Å². The fraction of sp³-hybridized carbons (Fsp3) is 0.485. The van der Waals surface area contributed by atoms with Gasteiger partial charge in [-0.1, -0.05) is 35.9 Å². The van der Waals surface area contributed by atoms with Crippen molar-refractivity contribution < 1.29 is 33.0 Å². The summed E-state index contributed by atoms with van der Waals surface area (Å²) in [5, 5.41) is 11.4. The summed E-state index contributed by atoms with van der Waals surface area (Å²) in [6.07, 6.45) is 8.69. The summed E-state index contributed by atoms with van der Waals surface area (Å²) in [7, 11) is 0. The molecule has 0 amide bonds.